The van der Waals surface area contributed by atoms with E-state index in [4.69, 9.17) is 4.74 Å². The summed E-state index contributed by atoms with van der Waals surface area (Å²) in [4.78, 5) is 27.2. The van der Waals surface area contributed by atoms with Gasteiger partial charge in [0.05, 0.1) is 12.8 Å². The van der Waals surface area contributed by atoms with Crippen molar-refractivity contribution in [2.24, 2.45) is 13.0 Å². The molecule has 1 fully saturated rings. The molecule has 1 aliphatic rings. The van der Waals surface area contributed by atoms with E-state index in [0.29, 0.717) is 31.5 Å². The predicted molar refractivity (Wildman–Crippen MR) is 108 cm³/mol. The number of nitrogens with zero attached hydrogens (tertiary/aromatic N) is 3. The van der Waals surface area contributed by atoms with Gasteiger partial charge in [-0.05, 0) is 50.5 Å². The lowest BCUT2D eigenvalue weighted by Gasteiger charge is -2.31. The molecule has 28 heavy (non-hydrogen) atoms. The zero-order chi connectivity index (χ0) is 20.3. The van der Waals surface area contributed by atoms with Gasteiger partial charge < -0.3 is 15.0 Å². The van der Waals surface area contributed by atoms with Gasteiger partial charge in [-0.15, -0.1) is 0 Å². The number of carbonyl (C=O) groups is 2. The number of amides is 2. The van der Waals surface area contributed by atoms with E-state index in [9.17, 15) is 9.59 Å². The zero-order valence-electron chi connectivity index (χ0n) is 17.0. The van der Waals surface area contributed by atoms with Crippen LogP contribution in [0.2, 0.25) is 0 Å². The van der Waals surface area contributed by atoms with Crippen LogP contribution < -0.4 is 10.1 Å². The Labute approximate surface area is 165 Å². The maximum absolute atomic E-state index is 12.7. The summed E-state index contributed by atoms with van der Waals surface area (Å²) in [7, 11) is 3.45. The fraction of sp³-hybridized carbons (Fsp3) is 0.476. The molecular weight excluding hydrogens is 356 g/mol. The van der Waals surface area contributed by atoms with Crippen LogP contribution >= 0.6 is 0 Å². The molecule has 0 unspecified atom stereocenters. The molecule has 0 radical (unpaired) electrons. The summed E-state index contributed by atoms with van der Waals surface area (Å²) in [6, 6.07) is 7.12. The minimum atomic E-state index is -0.0979. The second-order valence-corrected chi connectivity index (χ2v) is 7.18. The number of hydrogen-bond donors (Lipinski definition) is 1. The van der Waals surface area contributed by atoms with Crippen LogP contribution in [0.3, 0.4) is 0 Å². The maximum Gasteiger partial charge on any atom is 0.253 e. The SMILES string of the molecule is CCc1nn(C)c(NC(=O)C2CCN(C(=O)c3ccc(OC)cc3)CC2)c1C. The van der Waals surface area contributed by atoms with Crippen LogP contribution in [0, 0.1) is 12.8 Å². The molecule has 7 heteroatoms. The second-order valence-electron chi connectivity index (χ2n) is 7.18. The number of methoxy groups -OCH3 is 1. The van der Waals surface area contributed by atoms with Crippen molar-refractivity contribution in [2.45, 2.75) is 33.1 Å². The summed E-state index contributed by atoms with van der Waals surface area (Å²) in [5.74, 6) is 1.39. The van der Waals surface area contributed by atoms with Crippen molar-refractivity contribution in [3.63, 3.8) is 0 Å². The molecule has 7 nitrogen and oxygen atoms in total. The average molecular weight is 384 g/mol. The Balaban J connectivity index is 1.58. The summed E-state index contributed by atoms with van der Waals surface area (Å²) in [6.45, 7) is 5.19. The first-order valence-corrected chi connectivity index (χ1v) is 9.71. The Bertz CT molecular complexity index is 849. The molecule has 1 saturated heterocycles. The predicted octanol–water partition coefficient (Wildman–Crippen LogP) is 2.79. The highest BCUT2D eigenvalue weighted by molar-refractivity contribution is 5.95. The van der Waals surface area contributed by atoms with Crippen molar-refractivity contribution in [3.8, 4) is 5.75 Å². The number of benzene rings is 1. The Morgan fingerprint density at radius 2 is 1.86 bits per heavy atom. The van der Waals surface area contributed by atoms with Gasteiger partial charge in [-0.1, -0.05) is 6.92 Å². The van der Waals surface area contributed by atoms with Crippen molar-refractivity contribution >= 4 is 17.6 Å². The normalized spacial score (nSPS) is 14.8. The minimum Gasteiger partial charge on any atom is -0.497 e. The van der Waals surface area contributed by atoms with E-state index in [1.54, 1.807) is 36.1 Å². The van der Waals surface area contributed by atoms with Crippen molar-refractivity contribution < 1.29 is 14.3 Å². The van der Waals surface area contributed by atoms with E-state index in [0.717, 1.165) is 29.2 Å². The van der Waals surface area contributed by atoms with Crippen molar-refractivity contribution in [3.05, 3.63) is 41.1 Å². The van der Waals surface area contributed by atoms with Gasteiger partial charge in [0.25, 0.3) is 5.91 Å². The summed E-state index contributed by atoms with van der Waals surface area (Å²) < 4.78 is 6.86. The van der Waals surface area contributed by atoms with Crippen LogP contribution in [-0.2, 0) is 18.3 Å². The summed E-state index contributed by atoms with van der Waals surface area (Å²) in [5.41, 5.74) is 2.66. The summed E-state index contributed by atoms with van der Waals surface area (Å²) >= 11 is 0. The van der Waals surface area contributed by atoms with E-state index >= 15 is 0 Å². The molecule has 1 aromatic heterocycles. The minimum absolute atomic E-state index is 0.00317. The van der Waals surface area contributed by atoms with E-state index < -0.39 is 0 Å². The van der Waals surface area contributed by atoms with Gasteiger partial charge in [-0.2, -0.15) is 5.10 Å². The molecule has 0 atom stereocenters. The molecule has 2 amide bonds. The molecular formula is C21H28N4O3. The van der Waals surface area contributed by atoms with E-state index in [2.05, 4.69) is 17.3 Å². The number of hydrogen-bond acceptors (Lipinski definition) is 4. The molecule has 0 bridgehead atoms. The van der Waals surface area contributed by atoms with Crippen LogP contribution in [-0.4, -0.2) is 46.7 Å². The standard InChI is InChI=1S/C21H28N4O3/c1-5-18-14(2)19(24(3)23-18)22-20(26)15-10-12-25(13-11-15)21(27)16-6-8-17(28-4)9-7-16/h6-9,15H,5,10-13H2,1-4H3,(H,22,26). The molecule has 2 aromatic rings. The molecule has 0 aliphatic carbocycles. The second kappa shape index (κ2) is 8.46. The van der Waals surface area contributed by atoms with Crippen molar-refractivity contribution in [2.75, 3.05) is 25.5 Å². The van der Waals surface area contributed by atoms with Gasteiger partial charge in [-0.3, -0.25) is 14.3 Å². The van der Waals surface area contributed by atoms with Crippen LogP contribution in [0.4, 0.5) is 5.82 Å². The number of aryl methyl sites for hydroxylation is 2. The number of piperidine rings is 1. The number of ether oxygens (including phenoxy) is 1. The topological polar surface area (TPSA) is 76.5 Å². The zero-order valence-corrected chi connectivity index (χ0v) is 17.0. The van der Waals surface area contributed by atoms with Gasteiger partial charge in [-0.25, -0.2) is 0 Å². The van der Waals surface area contributed by atoms with Crippen LogP contribution in [0.15, 0.2) is 24.3 Å². The summed E-state index contributed by atoms with van der Waals surface area (Å²) in [5, 5.41) is 7.48. The van der Waals surface area contributed by atoms with Gasteiger partial charge in [0, 0.05) is 37.2 Å². The highest BCUT2D eigenvalue weighted by atomic mass is 16.5. The number of carbonyl (C=O) groups excluding carboxylic acids is 2. The first-order chi connectivity index (χ1) is 13.4. The third kappa shape index (κ3) is 4.03. The molecule has 1 N–H and O–H groups in total. The first-order valence-electron chi connectivity index (χ1n) is 9.71. The monoisotopic (exact) mass is 384 g/mol. The van der Waals surface area contributed by atoms with Crippen LogP contribution in [0.25, 0.3) is 0 Å². The first kappa shape index (κ1) is 19.9. The molecule has 0 saturated carbocycles. The van der Waals surface area contributed by atoms with Crippen LogP contribution in [0.5, 0.6) is 5.75 Å². The molecule has 1 aliphatic heterocycles. The van der Waals surface area contributed by atoms with Gasteiger partial charge in [0.1, 0.15) is 11.6 Å². The number of likely N-dealkylation sites (tertiary alicyclic amines) is 1. The third-order valence-electron chi connectivity index (χ3n) is 5.45. The van der Waals surface area contributed by atoms with Crippen molar-refractivity contribution in [1.29, 1.82) is 0 Å². The lowest BCUT2D eigenvalue weighted by atomic mass is 9.95. The summed E-state index contributed by atoms with van der Waals surface area (Å²) in [6.07, 6.45) is 2.15. The quantitative estimate of drug-likeness (QED) is 0.860. The molecule has 0 spiro atoms. The number of aromatic nitrogens is 2. The third-order valence-corrected chi connectivity index (χ3v) is 5.45. The average Bonchev–Trinajstić information content (AvgIpc) is 3.01. The molecule has 2 heterocycles. The van der Waals surface area contributed by atoms with Crippen molar-refractivity contribution in [1.82, 2.24) is 14.7 Å². The van der Waals surface area contributed by atoms with Crippen LogP contribution in [0.1, 0.15) is 41.4 Å². The van der Waals surface area contributed by atoms with E-state index in [1.165, 1.54) is 0 Å². The fourth-order valence-corrected chi connectivity index (χ4v) is 3.68. The molecule has 150 valence electrons. The molecule has 3 rings (SSSR count). The Hall–Kier alpha value is -2.83. The lowest BCUT2D eigenvalue weighted by molar-refractivity contribution is -0.121. The number of nitrogens with one attached hydrogen (secondary N) is 1. The van der Waals surface area contributed by atoms with Gasteiger partial charge in [0.2, 0.25) is 5.91 Å². The Morgan fingerprint density at radius 1 is 1.21 bits per heavy atom. The number of anilines is 1. The largest absolute Gasteiger partial charge is 0.497 e. The van der Waals surface area contributed by atoms with Gasteiger partial charge in [0.15, 0.2) is 0 Å². The van der Waals surface area contributed by atoms with E-state index in [1.807, 2.05) is 18.9 Å². The highest BCUT2D eigenvalue weighted by Crippen LogP contribution is 2.24. The Morgan fingerprint density at radius 3 is 2.39 bits per heavy atom. The van der Waals surface area contributed by atoms with E-state index in [-0.39, 0.29) is 17.7 Å². The maximum atomic E-state index is 12.7. The van der Waals surface area contributed by atoms with Gasteiger partial charge >= 0.3 is 0 Å². The highest BCUT2D eigenvalue weighted by Gasteiger charge is 2.28. The smallest absolute Gasteiger partial charge is 0.253 e. The Kier molecular flexibility index (Phi) is 6.02. The number of rotatable bonds is 5. The molecule has 1 aromatic carbocycles. The fourth-order valence-electron chi connectivity index (χ4n) is 3.68. The lowest BCUT2D eigenvalue weighted by Crippen LogP contribution is -2.41.